The van der Waals surface area contributed by atoms with E-state index in [0.717, 1.165) is 18.9 Å². The lowest BCUT2D eigenvalue weighted by atomic mass is 10.2. The van der Waals surface area contributed by atoms with Crippen molar-refractivity contribution in [3.05, 3.63) is 0 Å². The summed E-state index contributed by atoms with van der Waals surface area (Å²) in [5.74, 6) is 2.30. The Kier molecular flexibility index (Phi) is 8.65. The van der Waals surface area contributed by atoms with E-state index in [0.29, 0.717) is 30.6 Å². The number of nitrogens with zero attached hydrogens (tertiary/aromatic N) is 2. The Labute approximate surface area is 149 Å². The first-order valence-electron chi connectivity index (χ1n) is 7.16. The maximum Gasteiger partial charge on any atom is 0.214 e. The molecule has 2 aliphatic rings. The van der Waals surface area contributed by atoms with Crippen LogP contribution in [0.3, 0.4) is 0 Å². The van der Waals surface area contributed by atoms with Gasteiger partial charge in [0.1, 0.15) is 0 Å². The number of sulfonamides is 1. The minimum absolute atomic E-state index is 0. The van der Waals surface area contributed by atoms with Crippen molar-refractivity contribution in [1.29, 1.82) is 0 Å². The lowest BCUT2D eigenvalue weighted by molar-refractivity contribution is 0.445. The van der Waals surface area contributed by atoms with Crippen LogP contribution in [0.25, 0.3) is 0 Å². The molecule has 0 aliphatic carbocycles. The first-order chi connectivity index (χ1) is 9.62. The van der Waals surface area contributed by atoms with E-state index in [4.69, 9.17) is 0 Å². The topological polar surface area (TPSA) is 73.8 Å². The van der Waals surface area contributed by atoms with Gasteiger partial charge in [0.05, 0.1) is 5.75 Å². The number of guanidine groups is 1. The number of rotatable bonds is 5. The Hall–Kier alpha value is 0.260. The fourth-order valence-corrected chi connectivity index (χ4v) is 5.21. The van der Waals surface area contributed by atoms with Crippen LogP contribution >= 0.6 is 35.7 Å². The summed E-state index contributed by atoms with van der Waals surface area (Å²) in [5, 5.41) is 7.16. The highest BCUT2D eigenvalue weighted by Gasteiger charge is 2.27. The standard InChI is InChI=1S/C12H24N4O2S2.HI/c1-13-12(15-10-11-4-2-8-19-11)14-5-7-16-6-3-9-20(16,17)18;/h11H,2-10H2,1H3,(H2,13,14,15);1H. The zero-order chi connectivity index (χ0) is 14.4. The fourth-order valence-electron chi connectivity index (χ4n) is 2.48. The van der Waals surface area contributed by atoms with Crippen molar-refractivity contribution in [2.24, 2.45) is 4.99 Å². The van der Waals surface area contributed by atoms with E-state index in [9.17, 15) is 8.42 Å². The Morgan fingerprint density at radius 1 is 1.38 bits per heavy atom. The van der Waals surface area contributed by atoms with Gasteiger partial charge >= 0.3 is 0 Å². The highest BCUT2D eigenvalue weighted by Crippen LogP contribution is 2.25. The van der Waals surface area contributed by atoms with Crippen LogP contribution in [0.5, 0.6) is 0 Å². The van der Waals surface area contributed by atoms with Crippen LogP contribution in [-0.2, 0) is 10.0 Å². The van der Waals surface area contributed by atoms with E-state index in [2.05, 4.69) is 15.6 Å². The molecule has 0 bridgehead atoms. The van der Waals surface area contributed by atoms with Crippen LogP contribution in [0, 0.1) is 0 Å². The first kappa shape index (κ1) is 19.3. The zero-order valence-electron chi connectivity index (χ0n) is 12.4. The fraction of sp³-hybridized carbons (Fsp3) is 0.917. The van der Waals surface area contributed by atoms with Crippen LogP contribution in [0.15, 0.2) is 4.99 Å². The maximum absolute atomic E-state index is 11.7. The predicted molar refractivity (Wildman–Crippen MR) is 100 cm³/mol. The number of hydrogen-bond acceptors (Lipinski definition) is 4. The zero-order valence-corrected chi connectivity index (χ0v) is 16.3. The van der Waals surface area contributed by atoms with Gasteiger partial charge < -0.3 is 10.6 Å². The molecule has 9 heteroatoms. The summed E-state index contributed by atoms with van der Waals surface area (Å²) in [6.07, 6.45) is 3.31. The third-order valence-electron chi connectivity index (χ3n) is 3.60. The van der Waals surface area contributed by atoms with E-state index in [1.165, 1.54) is 18.6 Å². The molecule has 1 unspecified atom stereocenters. The minimum Gasteiger partial charge on any atom is -0.355 e. The van der Waals surface area contributed by atoms with Gasteiger partial charge in [0, 0.05) is 38.5 Å². The van der Waals surface area contributed by atoms with E-state index in [1.807, 2.05) is 11.8 Å². The van der Waals surface area contributed by atoms with Gasteiger partial charge in [0.15, 0.2) is 5.96 Å². The molecule has 2 rings (SSSR count). The average Bonchev–Trinajstić information content (AvgIpc) is 3.03. The highest BCUT2D eigenvalue weighted by molar-refractivity contribution is 14.0. The van der Waals surface area contributed by atoms with Gasteiger partial charge in [-0.1, -0.05) is 0 Å². The summed E-state index contributed by atoms with van der Waals surface area (Å²) in [4.78, 5) is 4.17. The number of aliphatic imine (C=N–C) groups is 1. The van der Waals surface area contributed by atoms with Gasteiger partial charge in [-0.25, -0.2) is 12.7 Å². The number of hydrogen-bond donors (Lipinski definition) is 2. The normalized spacial score (nSPS) is 25.6. The molecular weight excluding hydrogens is 423 g/mol. The predicted octanol–water partition coefficient (Wildman–Crippen LogP) is 0.701. The second-order valence-electron chi connectivity index (χ2n) is 5.08. The second-order valence-corrected chi connectivity index (χ2v) is 8.58. The molecule has 0 spiro atoms. The first-order valence-corrected chi connectivity index (χ1v) is 9.81. The Bertz CT molecular complexity index is 439. The van der Waals surface area contributed by atoms with Gasteiger partial charge in [0.25, 0.3) is 0 Å². The van der Waals surface area contributed by atoms with E-state index in [-0.39, 0.29) is 24.0 Å². The van der Waals surface area contributed by atoms with Crippen molar-refractivity contribution >= 4 is 51.7 Å². The van der Waals surface area contributed by atoms with Crippen LogP contribution < -0.4 is 10.6 Å². The van der Waals surface area contributed by atoms with Gasteiger partial charge in [-0.15, -0.1) is 24.0 Å². The molecule has 2 N–H and O–H groups in total. The summed E-state index contributed by atoms with van der Waals surface area (Å²) in [6.45, 7) is 2.68. The molecule has 21 heavy (non-hydrogen) atoms. The molecule has 0 saturated carbocycles. The molecule has 0 aromatic carbocycles. The molecule has 0 amide bonds. The van der Waals surface area contributed by atoms with Crippen molar-refractivity contribution < 1.29 is 8.42 Å². The molecule has 0 radical (unpaired) electrons. The minimum atomic E-state index is -2.99. The second kappa shape index (κ2) is 9.41. The highest BCUT2D eigenvalue weighted by atomic mass is 127. The Balaban J connectivity index is 0.00000220. The largest absolute Gasteiger partial charge is 0.355 e. The van der Waals surface area contributed by atoms with E-state index >= 15 is 0 Å². The van der Waals surface area contributed by atoms with Crippen molar-refractivity contribution in [2.75, 3.05) is 44.7 Å². The number of thioether (sulfide) groups is 1. The molecular formula is C12H25IN4O2S2. The molecule has 0 aromatic heterocycles. The Morgan fingerprint density at radius 2 is 2.19 bits per heavy atom. The summed E-state index contributed by atoms with van der Waals surface area (Å²) < 4.78 is 24.9. The summed E-state index contributed by atoms with van der Waals surface area (Å²) in [6, 6.07) is 0. The monoisotopic (exact) mass is 448 g/mol. The van der Waals surface area contributed by atoms with Crippen molar-refractivity contribution in [2.45, 2.75) is 24.5 Å². The van der Waals surface area contributed by atoms with Gasteiger partial charge in [-0.05, 0) is 25.0 Å². The molecule has 0 aromatic rings. The smallest absolute Gasteiger partial charge is 0.214 e. The number of nitrogens with one attached hydrogen (secondary N) is 2. The van der Waals surface area contributed by atoms with Crippen molar-refractivity contribution in [3.63, 3.8) is 0 Å². The van der Waals surface area contributed by atoms with Crippen molar-refractivity contribution in [3.8, 4) is 0 Å². The van der Waals surface area contributed by atoms with Crippen LogP contribution in [0.1, 0.15) is 19.3 Å². The van der Waals surface area contributed by atoms with Crippen LogP contribution in [0.2, 0.25) is 0 Å². The van der Waals surface area contributed by atoms with Gasteiger partial charge in [-0.3, -0.25) is 4.99 Å². The third-order valence-corrected chi connectivity index (χ3v) is 6.96. The summed E-state index contributed by atoms with van der Waals surface area (Å²) in [7, 11) is -1.25. The average molecular weight is 448 g/mol. The lowest BCUT2D eigenvalue weighted by Gasteiger charge is -2.17. The SMILES string of the molecule is CN=C(NCCN1CCCS1(=O)=O)NCC1CCCS1.I. The lowest BCUT2D eigenvalue weighted by Crippen LogP contribution is -2.43. The molecule has 2 fully saturated rings. The molecule has 2 heterocycles. The summed E-state index contributed by atoms with van der Waals surface area (Å²) >= 11 is 2.01. The van der Waals surface area contributed by atoms with Gasteiger partial charge in [-0.2, -0.15) is 11.8 Å². The Morgan fingerprint density at radius 3 is 2.76 bits per heavy atom. The van der Waals surface area contributed by atoms with E-state index in [1.54, 1.807) is 11.4 Å². The third kappa shape index (κ3) is 6.11. The van der Waals surface area contributed by atoms with Crippen molar-refractivity contribution in [1.82, 2.24) is 14.9 Å². The molecule has 1 atom stereocenters. The van der Waals surface area contributed by atoms with Gasteiger partial charge in [0.2, 0.25) is 10.0 Å². The molecule has 6 nitrogen and oxygen atoms in total. The molecule has 2 aliphatic heterocycles. The maximum atomic E-state index is 11.7. The molecule has 2 saturated heterocycles. The van der Waals surface area contributed by atoms with Crippen LogP contribution in [0.4, 0.5) is 0 Å². The number of halogens is 1. The van der Waals surface area contributed by atoms with E-state index < -0.39 is 10.0 Å². The summed E-state index contributed by atoms with van der Waals surface area (Å²) in [5.41, 5.74) is 0. The molecule has 124 valence electrons. The quantitative estimate of drug-likeness (QED) is 0.368. The van der Waals surface area contributed by atoms with Crippen LogP contribution in [-0.4, -0.2) is 68.7 Å².